The summed E-state index contributed by atoms with van der Waals surface area (Å²) in [7, 11) is 0. The van der Waals surface area contributed by atoms with Crippen LogP contribution in [0.5, 0.6) is 0 Å². The number of carbonyl (C=O) groups is 2. The van der Waals surface area contributed by atoms with Crippen molar-refractivity contribution in [2.45, 2.75) is 18.9 Å². The summed E-state index contributed by atoms with van der Waals surface area (Å²) in [5.74, 6) is 0.0835. The molecule has 84 valence electrons. The molecule has 0 spiro atoms. The van der Waals surface area contributed by atoms with Crippen LogP contribution in [0.2, 0.25) is 0 Å². The van der Waals surface area contributed by atoms with Crippen molar-refractivity contribution < 1.29 is 9.59 Å². The summed E-state index contributed by atoms with van der Waals surface area (Å²) in [6.07, 6.45) is 2.41. The second-order valence-corrected chi connectivity index (χ2v) is 3.62. The number of amides is 2. The zero-order chi connectivity index (χ0) is 11.5. The third-order valence-electron chi connectivity index (χ3n) is 2.37. The van der Waals surface area contributed by atoms with Crippen LogP contribution < -0.4 is 16.4 Å². The van der Waals surface area contributed by atoms with E-state index in [1.165, 1.54) is 6.20 Å². The van der Waals surface area contributed by atoms with E-state index in [1.54, 1.807) is 12.1 Å². The third-order valence-corrected chi connectivity index (χ3v) is 2.37. The van der Waals surface area contributed by atoms with E-state index in [9.17, 15) is 9.59 Å². The molecule has 1 saturated heterocycles. The second kappa shape index (κ2) is 4.18. The van der Waals surface area contributed by atoms with Crippen LogP contribution in [0.1, 0.15) is 12.8 Å². The Morgan fingerprint density at radius 1 is 1.56 bits per heavy atom. The molecule has 2 amide bonds. The minimum atomic E-state index is -0.440. The molecule has 1 aromatic heterocycles. The molecule has 1 fully saturated rings. The zero-order valence-corrected chi connectivity index (χ0v) is 8.56. The van der Waals surface area contributed by atoms with E-state index in [1.807, 2.05) is 0 Å². The van der Waals surface area contributed by atoms with Crippen LogP contribution in [0.15, 0.2) is 18.3 Å². The summed E-state index contributed by atoms with van der Waals surface area (Å²) in [5.41, 5.74) is 5.99. The lowest BCUT2D eigenvalue weighted by Gasteiger charge is -2.10. The van der Waals surface area contributed by atoms with Crippen LogP contribution in [0.3, 0.4) is 0 Å². The molecule has 0 bridgehead atoms. The number of rotatable bonds is 2. The Morgan fingerprint density at radius 2 is 2.38 bits per heavy atom. The molecule has 1 aromatic rings. The molecule has 1 aliphatic rings. The number of nitrogens with two attached hydrogens (primary N) is 1. The first kappa shape index (κ1) is 10.4. The molecule has 4 N–H and O–H groups in total. The maximum absolute atomic E-state index is 11.7. The van der Waals surface area contributed by atoms with Crippen molar-refractivity contribution in [1.29, 1.82) is 0 Å². The van der Waals surface area contributed by atoms with Crippen molar-refractivity contribution in [3.8, 4) is 0 Å². The van der Waals surface area contributed by atoms with Gasteiger partial charge in [-0.15, -0.1) is 0 Å². The molecule has 0 unspecified atom stereocenters. The van der Waals surface area contributed by atoms with E-state index in [4.69, 9.17) is 5.73 Å². The summed E-state index contributed by atoms with van der Waals surface area (Å²) in [4.78, 5) is 26.4. The third kappa shape index (κ3) is 2.28. The van der Waals surface area contributed by atoms with E-state index in [0.29, 0.717) is 24.3 Å². The molecule has 2 rings (SSSR count). The maximum atomic E-state index is 11.7. The van der Waals surface area contributed by atoms with Crippen LogP contribution in [-0.4, -0.2) is 22.8 Å². The van der Waals surface area contributed by atoms with Crippen LogP contribution in [0.4, 0.5) is 11.5 Å². The van der Waals surface area contributed by atoms with Crippen molar-refractivity contribution in [3.63, 3.8) is 0 Å². The maximum Gasteiger partial charge on any atom is 0.247 e. The predicted octanol–water partition coefficient (Wildman–Crippen LogP) is -0.119. The molecule has 6 nitrogen and oxygen atoms in total. The fourth-order valence-electron chi connectivity index (χ4n) is 1.52. The number of pyridine rings is 1. The molecule has 2 heterocycles. The number of carbonyl (C=O) groups excluding carboxylic acids is 2. The number of hydrogen-bond donors (Lipinski definition) is 3. The van der Waals surface area contributed by atoms with E-state index in [2.05, 4.69) is 15.6 Å². The van der Waals surface area contributed by atoms with Crippen molar-refractivity contribution >= 4 is 23.3 Å². The summed E-state index contributed by atoms with van der Waals surface area (Å²) in [5, 5.41) is 5.25. The van der Waals surface area contributed by atoms with Gasteiger partial charge in [0.25, 0.3) is 0 Å². The highest BCUT2D eigenvalue weighted by Gasteiger charge is 2.26. The molecular formula is C10H12N4O2. The van der Waals surface area contributed by atoms with Crippen molar-refractivity contribution in [2.24, 2.45) is 0 Å². The number of anilines is 2. The van der Waals surface area contributed by atoms with Gasteiger partial charge < -0.3 is 16.4 Å². The zero-order valence-electron chi connectivity index (χ0n) is 8.56. The minimum Gasteiger partial charge on any atom is -0.384 e. The van der Waals surface area contributed by atoms with Crippen molar-refractivity contribution in [2.75, 3.05) is 11.1 Å². The largest absolute Gasteiger partial charge is 0.384 e. The van der Waals surface area contributed by atoms with Gasteiger partial charge in [-0.25, -0.2) is 4.98 Å². The van der Waals surface area contributed by atoms with Gasteiger partial charge in [0.1, 0.15) is 11.9 Å². The molecule has 0 aliphatic carbocycles. The van der Waals surface area contributed by atoms with Gasteiger partial charge in [0.05, 0.1) is 11.9 Å². The fraction of sp³-hybridized carbons (Fsp3) is 0.300. The number of hydrogen-bond acceptors (Lipinski definition) is 4. The summed E-state index contributed by atoms with van der Waals surface area (Å²) >= 11 is 0. The quantitative estimate of drug-likeness (QED) is 0.647. The number of nitrogen functional groups attached to an aromatic ring is 1. The highest BCUT2D eigenvalue weighted by atomic mass is 16.2. The minimum absolute atomic E-state index is 0.0874. The van der Waals surface area contributed by atoms with Crippen LogP contribution in [-0.2, 0) is 9.59 Å². The molecule has 6 heteroatoms. The highest BCUT2D eigenvalue weighted by molar-refractivity contribution is 5.98. The Labute approximate surface area is 92.2 Å². The van der Waals surface area contributed by atoms with Gasteiger partial charge in [-0.05, 0) is 18.6 Å². The van der Waals surface area contributed by atoms with Gasteiger partial charge in [0, 0.05) is 6.42 Å². The van der Waals surface area contributed by atoms with Gasteiger partial charge >= 0.3 is 0 Å². The molecule has 1 aliphatic heterocycles. The Balaban J connectivity index is 1.97. The first-order valence-corrected chi connectivity index (χ1v) is 4.97. The average molecular weight is 220 g/mol. The Hall–Kier alpha value is -2.11. The first-order chi connectivity index (χ1) is 7.65. The second-order valence-electron chi connectivity index (χ2n) is 3.62. The van der Waals surface area contributed by atoms with Gasteiger partial charge in [-0.1, -0.05) is 0 Å². The van der Waals surface area contributed by atoms with E-state index in [0.717, 1.165) is 0 Å². The van der Waals surface area contributed by atoms with Crippen molar-refractivity contribution in [3.05, 3.63) is 18.3 Å². The Kier molecular flexibility index (Phi) is 2.72. The number of aromatic nitrogens is 1. The van der Waals surface area contributed by atoms with Crippen LogP contribution in [0.25, 0.3) is 0 Å². The lowest BCUT2D eigenvalue weighted by molar-refractivity contribution is -0.122. The summed E-state index contributed by atoms with van der Waals surface area (Å²) in [6.45, 7) is 0. The summed E-state index contributed by atoms with van der Waals surface area (Å²) < 4.78 is 0. The molecule has 0 radical (unpaired) electrons. The highest BCUT2D eigenvalue weighted by Crippen LogP contribution is 2.11. The number of nitrogens with zero attached hydrogens (tertiary/aromatic N) is 1. The lowest BCUT2D eigenvalue weighted by Crippen LogP contribution is -2.37. The normalized spacial score (nSPS) is 19.2. The number of nitrogens with one attached hydrogen (secondary N) is 2. The van der Waals surface area contributed by atoms with Crippen LogP contribution in [0, 0.1) is 0 Å². The average Bonchev–Trinajstić information content (AvgIpc) is 2.68. The van der Waals surface area contributed by atoms with E-state index in [-0.39, 0.29) is 11.8 Å². The lowest BCUT2D eigenvalue weighted by atomic mass is 10.2. The van der Waals surface area contributed by atoms with Gasteiger partial charge in [-0.2, -0.15) is 0 Å². The smallest absolute Gasteiger partial charge is 0.247 e. The molecule has 1 atom stereocenters. The van der Waals surface area contributed by atoms with Gasteiger partial charge in [0.2, 0.25) is 11.8 Å². The van der Waals surface area contributed by atoms with Gasteiger partial charge in [0.15, 0.2) is 0 Å². The standard InChI is InChI=1S/C10H12N4O2/c11-8-3-1-6(5-12-8)13-10(16)7-2-4-9(15)14-7/h1,3,5,7H,2,4H2,(H2,11,12)(H,13,16)(H,14,15)/t7-/m1/s1. The van der Waals surface area contributed by atoms with Crippen molar-refractivity contribution in [1.82, 2.24) is 10.3 Å². The molecule has 16 heavy (non-hydrogen) atoms. The summed E-state index contributed by atoms with van der Waals surface area (Å²) in [6, 6.07) is 2.82. The van der Waals surface area contributed by atoms with E-state index >= 15 is 0 Å². The SMILES string of the molecule is Nc1ccc(NC(=O)[C@H]2CCC(=O)N2)cn1. The Morgan fingerprint density at radius 3 is 2.94 bits per heavy atom. The molecule has 0 aromatic carbocycles. The predicted molar refractivity (Wildman–Crippen MR) is 58.4 cm³/mol. The topological polar surface area (TPSA) is 97.1 Å². The fourth-order valence-corrected chi connectivity index (χ4v) is 1.52. The Bertz CT molecular complexity index is 415. The van der Waals surface area contributed by atoms with Crippen LogP contribution >= 0.6 is 0 Å². The monoisotopic (exact) mass is 220 g/mol. The van der Waals surface area contributed by atoms with E-state index < -0.39 is 6.04 Å². The first-order valence-electron chi connectivity index (χ1n) is 4.97. The molecular weight excluding hydrogens is 208 g/mol. The van der Waals surface area contributed by atoms with Gasteiger partial charge in [-0.3, -0.25) is 9.59 Å². The molecule has 0 saturated carbocycles.